The van der Waals surface area contributed by atoms with Crippen LogP contribution in [0.15, 0.2) is 48.5 Å². The van der Waals surface area contributed by atoms with E-state index in [-0.39, 0.29) is 18.6 Å². The van der Waals surface area contributed by atoms with Crippen LogP contribution in [0.25, 0.3) is 0 Å². The first-order chi connectivity index (χ1) is 23.2. The standard InChI is InChI=1S/C41H64N4O4/c1-26(2)17-34(24-43(8)9)44(23-32-16-11-10-13-27(32)3)21-30-14-12-15-31(18-30)22-45-39(38(29(5)47)37(25-46)49-45)40(48)42-36-20-33-19-35(28(36)4)41(33,6)7/h10-16,18,26,28-29,33-39,46-47H,17,19-25H2,1-9H3,(H,42,48)/t28-,29-,33+,34-,35-,36-,37-,38+,39-/m0/s1. The highest BCUT2D eigenvalue weighted by molar-refractivity contribution is 5.82. The second-order valence-corrected chi connectivity index (χ2v) is 16.9. The Balaban J connectivity index is 1.36. The number of aliphatic hydroxyl groups excluding tert-OH is 2. The van der Waals surface area contributed by atoms with Gasteiger partial charge in [0.15, 0.2) is 0 Å². The summed E-state index contributed by atoms with van der Waals surface area (Å²) in [5.74, 6) is 1.55. The third kappa shape index (κ3) is 8.59. The van der Waals surface area contributed by atoms with Gasteiger partial charge in [0.25, 0.3) is 0 Å². The van der Waals surface area contributed by atoms with Gasteiger partial charge >= 0.3 is 0 Å². The van der Waals surface area contributed by atoms with E-state index in [1.54, 1.807) is 12.0 Å². The molecule has 49 heavy (non-hydrogen) atoms. The highest BCUT2D eigenvalue weighted by Crippen LogP contribution is 2.61. The molecular formula is C41H64N4O4. The molecule has 0 unspecified atom stereocenters. The summed E-state index contributed by atoms with van der Waals surface area (Å²) < 4.78 is 0. The predicted octanol–water partition coefficient (Wildman–Crippen LogP) is 5.63. The SMILES string of the molecule is Cc1ccccc1CN(Cc1cccc(CN2O[C@@H](CO)[C@@H]([C@H](C)O)[C@H]2C(=O)N[C@H]2C[C@H]3C[C@@H]([C@@H]2C)C3(C)C)c1)[C@@H](CC(C)C)CN(C)C. The Labute approximate surface area is 296 Å². The van der Waals surface area contributed by atoms with Gasteiger partial charge in [-0.2, -0.15) is 5.06 Å². The summed E-state index contributed by atoms with van der Waals surface area (Å²) in [6, 6.07) is 17.1. The molecule has 0 aromatic heterocycles. The summed E-state index contributed by atoms with van der Waals surface area (Å²) in [7, 11) is 4.31. The van der Waals surface area contributed by atoms with Crippen molar-refractivity contribution in [2.75, 3.05) is 27.2 Å². The average molecular weight is 677 g/mol. The molecule has 4 aliphatic rings. The molecule has 1 heterocycles. The molecule has 1 aliphatic heterocycles. The molecule has 4 fully saturated rings. The van der Waals surface area contributed by atoms with Crippen molar-refractivity contribution in [1.29, 1.82) is 0 Å². The van der Waals surface area contributed by atoms with E-state index in [4.69, 9.17) is 4.84 Å². The molecule has 3 N–H and O–H groups in total. The summed E-state index contributed by atoms with van der Waals surface area (Å²) in [5.41, 5.74) is 5.23. The number of nitrogens with one attached hydrogen (secondary N) is 1. The van der Waals surface area contributed by atoms with Crippen LogP contribution in [0.5, 0.6) is 0 Å². The van der Waals surface area contributed by atoms with Crippen LogP contribution in [0, 0.1) is 41.9 Å². The third-order valence-electron chi connectivity index (χ3n) is 12.2. The number of benzene rings is 2. The molecule has 1 saturated heterocycles. The van der Waals surface area contributed by atoms with Crippen molar-refractivity contribution in [3.05, 3.63) is 70.8 Å². The Morgan fingerprint density at radius 2 is 1.78 bits per heavy atom. The largest absolute Gasteiger partial charge is 0.394 e. The lowest BCUT2D eigenvalue weighted by atomic mass is 9.45. The number of amides is 1. The number of hydroxylamine groups is 2. The fourth-order valence-electron chi connectivity index (χ4n) is 9.35. The van der Waals surface area contributed by atoms with Crippen LogP contribution in [-0.2, 0) is 29.3 Å². The van der Waals surface area contributed by atoms with E-state index < -0.39 is 24.2 Å². The zero-order chi connectivity index (χ0) is 35.6. The normalized spacial score (nSPS) is 29.3. The van der Waals surface area contributed by atoms with Crippen molar-refractivity contribution in [1.82, 2.24) is 20.2 Å². The van der Waals surface area contributed by atoms with E-state index in [1.165, 1.54) is 23.1 Å². The number of nitrogens with zero attached hydrogens (tertiary/aromatic N) is 3. The minimum Gasteiger partial charge on any atom is -0.394 e. The Morgan fingerprint density at radius 1 is 1.06 bits per heavy atom. The Bertz CT molecular complexity index is 1390. The molecule has 3 aliphatic carbocycles. The summed E-state index contributed by atoms with van der Waals surface area (Å²) in [6.07, 6.45) is 1.87. The highest BCUT2D eigenvalue weighted by atomic mass is 16.7. The smallest absolute Gasteiger partial charge is 0.240 e. The second-order valence-electron chi connectivity index (χ2n) is 16.9. The van der Waals surface area contributed by atoms with Crippen molar-refractivity contribution in [3.8, 4) is 0 Å². The number of aliphatic hydroxyl groups is 2. The molecule has 272 valence electrons. The van der Waals surface area contributed by atoms with Gasteiger partial charge in [0.1, 0.15) is 12.1 Å². The van der Waals surface area contributed by atoms with Crippen molar-refractivity contribution < 1.29 is 19.8 Å². The Hall–Kier alpha value is -2.33. The van der Waals surface area contributed by atoms with E-state index in [0.29, 0.717) is 41.7 Å². The Kier molecular flexibility index (Phi) is 12.3. The van der Waals surface area contributed by atoms with Crippen molar-refractivity contribution in [2.24, 2.45) is 35.0 Å². The van der Waals surface area contributed by atoms with Crippen LogP contribution in [0.1, 0.15) is 83.1 Å². The zero-order valence-corrected chi connectivity index (χ0v) is 31.6. The molecule has 8 heteroatoms. The third-order valence-corrected chi connectivity index (χ3v) is 12.2. The number of hydrogen-bond acceptors (Lipinski definition) is 7. The maximum Gasteiger partial charge on any atom is 0.240 e. The Morgan fingerprint density at radius 3 is 2.39 bits per heavy atom. The quantitative estimate of drug-likeness (QED) is 0.225. The molecule has 2 aromatic carbocycles. The van der Waals surface area contributed by atoms with Crippen molar-refractivity contribution in [3.63, 3.8) is 0 Å². The number of rotatable bonds is 15. The minimum absolute atomic E-state index is 0.109. The number of likely N-dealkylation sites (N-methyl/N-ethyl adjacent to an activating group) is 1. The topological polar surface area (TPSA) is 88.5 Å². The first kappa shape index (κ1) is 37.9. The predicted molar refractivity (Wildman–Crippen MR) is 196 cm³/mol. The van der Waals surface area contributed by atoms with Gasteiger partial charge in [-0.25, -0.2) is 0 Å². The van der Waals surface area contributed by atoms with Gasteiger partial charge in [0.2, 0.25) is 5.91 Å². The molecule has 6 rings (SSSR count). The van der Waals surface area contributed by atoms with Gasteiger partial charge in [0.05, 0.1) is 19.3 Å². The van der Waals surface area contributed by atoms with E-state index in [1.807, 2.05) is 0 Å². The summed E-state index contributed by atoms with van der Waals surface area (Å²) >= 11 is 0. The number of fused-ring (bicyclic) bond motifs is 2. The number of aryl methyl sites for hydroxylation is 1. The monoisotopic (exact) mass is 676 g/mol. The zero-order valence-electron chi connectivity index (χ0n) is 31.6. The maximum atomic E-state index is 14.1. The lowest BCUT2D eigenvalue weighted by Gasteiger charge is -2.62. The second kappa shape index (κ2) is 15.9. The van der Waals surface area contributed by atoms with Gasteiger partial charge in [-0.05, 0) is 98.5 Å². The first-order valence-corrected chi connectivity index (χ1v) is 18.7. The molecule has 0 radical (unpaired) electrons. The summed E-state index contributed by atoms with van der Waals surface area (Å²) in [5, 5.41) is 26.3. The molecule has 0 spiro atoms. The average Bonchev–Trinajstić information content (AvgIpc) is 3.40. The van der Waals surface area contributed by atoms with Crippen LogP contribution in [0.4, 0.5) is 0 Å². The van der Waals surface area contributed by atoms with Gasteiger partial charge in [-0.15, -0.1) is 0 Å². The van der Waals surface area contributed by atoms with Gasteiger partial charge in [0, 0.05) is 37.6 Å². The summed E-state index contributed by atoms with van der Waals surface area (Å²) in [6.45, 7) is 18.3. The van der Waals surface area contributed by atoms with Gasteiger partial charge < -0.3 is 20.4 Å². The summed E-state index contributed by atoms with van der Waals surface area (Å²) in [4.78, 5) is 25.3. The van der Waals surface area contributed by atoms with Crippen LogP contribution < -0.4 is 5.32 Å². The van der Waals surface area contributed by atoms with E-state index in [0.717, 1.165) is 38.0 Å². The number of carbonyl (C=O) groups is 1. The lowest BCUT2D eigenvalue weighted by molar-refractivity contribution is -0.183. The molecule has 2 bridgehead atoms. The highest BCUT2D eigenvalue weighted by Gasteiger charge is 2.57. The molecule has 2 aromatic rings. The van der Waals surface area contributed by atoms with Crippen LogP contribution >= 0.6 is 0 Å². The first-order valence-electron chi connectivity index (χ1n) is 18.7. The van der Waals surface area contributed by atoms with Gasteiger partial charge in [-0.1, -0.05) is 83.1 Å². The maximum absolute atomic E-state index is 14.1. The van der Waals surface area contributed by atoms with Crippen molar-refractivity contribution >= 4 is 5.91 Å². The van der Waals surface area contributed by atoms with Crippen molar-refractivity contribution in [2.45, 2.75) is 118 Å². The lowest BCUT2D eigenvalue weighted by Crippen LogP contribution is -2.62. The van der Waals surface area contributed by atoms with E-state index in [2.05, 4.69) is 119 Å². The minimum atomic E-state index is -0.815. The molecule has 9 atom stereocenters. The van der Waals surface area contributed by atoms with Gasteiger partial charge in [-0.3, -0.25) is 14.5 Å². The molecular weight excluding hydrogens is 612 g/mol. The molecule has 8 nitrogen and oxygen atoms in total. The van der Waals surface area contributed by atoms with Crippen LogP contribution in [0.2, 0.25) is 0 Å². The van der Waals surface area contributed by atoms with Crippen LogP contribution in [0.3, 0.4) is 0 Å². The van der Waals surface area contributed by atoms with E-state index >= 15 is 0 Å². The fourth-order valence-corrected chi connectivity index (χ4v) is 9.35. The number of hydrogen-bond donors (Lipinski definition) is 3. The van der Waals surface area contributed by atoms with Crippen LogP contribution in [-0.4, -0.2) is 88.6 Å². The number of carbonyl (C=O) groups excluding carboxylic acids is 1. The molecule has 1 amide bonds. The fraction of sp³-hybridized carbons (Fsp3) is 0.683. The van der Waals surface area contributed by atoms with E-state index in [9.17, 15) is 15.0 Å². The molecule has 3 saturated carbocycles.